The molecule has 1 saturated heterocycles. The van der Waals surface area contributed by atoms with Gasteiger partial charge in [-0.1, -0.05) is 30.3 Å². The number of morpholine rings is 1. The second-order valence-electron chi connectivity index (χ2n) is 5.71. The van der Waals surface area contributed by atoms with Crippen LogP contribution in [0.3, 0.4) is 0 Å². The van der Waals surface area contributed by atoms with E-state index in [0.717, 1.165) is 30.0 Å². The SMILES string of the molecule is COc1ccc(C(=O)[C@H](c2ccccc2)[NH+]2CCOCC2)cc1. The number of carbonyl (C=O) groups is 1. The maximum atomic E-state index is 13.1. The number of carbonyl (C=O) groups excluding carboxylic acids is 1. The summed E-state index contributed by atoms with van der Waals surface area (Å²) in [5.74, 6) is 0.910. The zero-order valence-corrected chi connectivity index (χ0v) is 13.3. The van der Waals surface area contributed by atoms with E-state index < -0.39 is 0 Å². The Morgan fingerprint density at radius 1 is 1.04 bits per heavy atom. The average Bonchev–Trinajstić information content (AvgIpc) is 2.64. The largest absolute Gasteiger partial charge is 0.497 e. The molecular weight excluding hydrogens is 290 g/mol. The van der Waals surface area contributed by atoms with Gasteiger partial charge in [0.15, 0.2) is 6.04 Å². The van der Waals surface area contributed by atoms with Crippen molar-refractivity contribution in [3.63, 3.8) is 0 Å². The Balaban J connectivity index is 1.91. The van der Waals surface area contributed by atoms with Crippen molar-refractivity contribution in [2.75, 3.05) is 33.4 Å². The van der Waals surface area contributed by atoms with E-state index in [1.54, 1.807) is 7.11 Å². The van der Waals surface area contributed by atoms with E-state index in [1.807, 2.05) is 54.6 Å². The minimum Gasteiger partial charge on any atom is -0.497 e. The van der Waals surface area contributed by atoms with Crippen molar-refractivity contribution in [2.24, 2.45) is 0 Å². The van der Waals surface area contributed by atoms with Gasteiger partial charge in [0.25, 0.3) is 0 Å². The van der Waals surface area contributed by atoms with Crippen molar-refractivity contribution in [1.29, 1.82) is 0 Å². The molecule has 120 valence electrons. The highest BCUT2D eigenvalue weighted by atomic mass is 16.5. The topological polar surface area (TPSA) is 40.0 Å². The summed E-state index contributed by atoms with van der Waals surface area (Å²) in [5.41, 5.74) is 1.78. The highest BCUT2D eigenvalue weighted by molar-refractivity contribution is 5.99. The van der Waals surface area contributed by atoms with Crippen LogP contribution in [0.15, 0.2) is 54.6 Å². The van der Waals surface area contributed by atoms with Crippen LogP contribution in [-0.4, -0.2) is 39.2 Å². The second kappa shape index (κ2) is 7.40. The highest BCUT2D eigenvalue weighted by Crippen LogP contribution is 2.19. The van der Waals surface area contributed by atoms with Gasteiger partial charge in [-0.25, -0.2) is 0 Å². The van der Waals surface area contributed by atoms with Gasteiger partial charge in [0.05, 0.1) is 20.3 Å². The summed E-state index contributed by atoms with van der Waals surface area (Å²) in [5, 5.41) is 0. The van der Waals surface area contributed by atoms with Crippen molar-refractivity contribution >= 4 is 5.78 Å². The van der Waals surface area contributed by atoms with Gasteiger partial charge in [-0.3, -0.25) is 4.79 Å². The number of Topliss-reactive ketones (excluding diaryl/α,β-unsaturated/α-hetero) is 1. The Morgan fingerprint density at radius 2 is 1.70 bits per heavy atom. The van der Waals surface area contributed by atoms with E-state index >= 15 is 0 Å². The molecule has 1 N–H and O–H groups in total. The van der Waals surface area contributed by atoms with Gasteiger partial charge in [0.1, 0.15) is 18.8 Å². The van der Waals surface area contributed by atoms with Crippen LogP contribution in [0, 0.1) is 0 Å². The Hall–Kier alpha value is -2.17. The predicted molar refractivity (Wildman–Crippen MR) is 88.0 cm³/mol. The van der Waals surface area contributed by atoms with E-state index in [0.29, 0.717) is 13.2 Å². The van der Waals surface area contributed by atoms with Crippen LogP contribution in [-0.2, 0) is 4.74 Å². The molecule has 0 aliphatic carbocycles. The number of quaternary nitrogens is 1. The molecule has 23 heavy (non-hydrogen) atoms. The molecule has 0 amide bonds. The monoisotopic (exact) mass is 312 g/mol. The number of hydrogen-bond acceptors (Lipinski definition) is 3. The maximum absolute atomic E-state index is 13.1. The Bertz CT molecular complexity index is 633. The molecule has 0 bridgehead atoms. The summed E-state index contributed by atoms with van der Waals surface area (Å²) in [4.78, 5) is 14.4. The summed E-state index contributed by atoms with van der Waals surface area (Å²) < 4.78 is 10.6. The highest BCUT2D eigenvalue weighted by Gasteiger charge is 2.33. The number of nitrogens with one attached hydrogen (secondary N) is 1. The van der Waals surface area contributed by atoms with Crippen LogP contribution in [0.5, 0.6) is 5.75 Å². The molecule has 1 aliphatic rings. The minimum absolute atomic E-state index is 0.149. The van der Waals surface area contributed by atoms with Gasteiger partial charge in [0, 0.05) is 11.1 Å². The number of ketones is 1. The third kappa shape index (κ3) is 3.60. The van der Waals surface area contributed by atoms with Crippen LogP contribution in [0.4, 0.5) is 0 Å². The molecule has 4 heteroatoms. The quantitative estimate of drug-likeness (QED) is 0.851. The van der Waals surface area contributed by atoms with Gasteiger partial charge >= 0.3 is 0 Å². The molecule has 0 spiro atoms. The Kier molecular flexibility index (Phi) is 5.05. The van der Waals surface area contributed by atoms with Crippen LogP contribution in [0.25, 0.3) is 0 Å². The van der Waals surface area contributed by atoms with E-state index in [-0.39, 0.29) is 11.8 Å². The zero-order chi connectivity index (χ0) is 16.1. The van der Waals surface area contributed by atoms with Crippen LogP contribution in [0.2, 0.25) is 0 Å². The summed E-state index contributed by atoms with van der Waals surface area (Å²) in [7, 11) is 1.63. The summed E-state index contributed by atoms with van der Waals surface area (Å²) in [6, 6.07) is 17.2. The number of ether oxygens (including phenoxy) is 2. The summed E-state index contributed by atoms with van der Waals surface area (Å²) in [6.45, 7) is 3.10. The maximum Gasteiger partial charge on any atom is 0.224 e. The van der Waals surface area contributed by atoms with Crippen molar-refractivity contribution in [3.8, 4) is 5.75 Å². The van der Waals surface area contributed by atoms with Crippen molar-refractivity contribution in [3.05, 3.63) is 65.7 Å². The molecule has 1 atom stereocenters. The molecule has 4 nitrogen and oxygen atoms in total. The predicted octanol–water partition coefficient (Wildman–Crippen LogP) is 1.53. The molecule has 0 radical (unpaired) electrons. The first kappa shape index (κ1) is 15.7. The lowest BCUT2D eigenvalue weighted by atomic mass is 9.95. The molecule has 0 unspecified atom stereocenters. The van der Waals surface area contributed by atoms with Crippen LogP contribution >= 0.6 is 0 Å². The number of methoxy groups -OCH3 is 1. The molecule has 1 fully saturated rings. The van der Waals surface area contributed by atoms with Crippen molar-refractivity contribution < 1.29 is 19.2 Å². The van der Waals surface area contributed by atoms with Gasteiger partial charge in [-0.2, -0.15) is 0 Å². The molecule has 2 aromatic rings. The van der Waals surface area contributed by atoms with E-state index in [1.165, 1.54) is 4.90 Å². The standard InChI is InChI=1S/C19H21NO3/c1-22-17-9-7-16(8-10-17)19(21)18(15-5-3-2-4-6-15)20-11-13-23-14-12-20/h2-10,18H,11-14H2,1H3/p+1/t18-/m0/s1. The molecule has 0 aromatic heterocycles. The van der Waals surface area contributed by atoms with E-state index in [2.05, 4.69) is 0 Å². The van der Waals surface area contributed by atoms with Gasteiger partial charge in [-0.15, -0.1) is 0 Å². The molecule has 2 aromatic carbocycles. The third-order valence-electron chi connectivity index (χ3n) is 4.31. The summed E-state index contributed by atoms with van der Waals surface area (Å²) >= 11 is 0. The number of rotatable bonds is 5. The fourth-order valence-electron chi connectivity index (χ4n) is 3.06. The number of hydrogen-bond donors (Lipinski definition) is 1. The number of benzene rings is 2. The average molecular weight is 312 g/mol. The van der Waals surface area contributed by atoms with E-state index in [9.17, 15) is 4.79 Å². The Morgan fingerprint density at radius 3 is 2.30 bits per heavy atom. The first-order chi connectivity index (χ1) is 11.3. The van der Waals surface area contributed by atoms with Gasteiger partial charge < -0.3 is 14.4 Å². The molecular formula is C19H22NO3+. The molecule has 1 aliphatic heterocycles. The molecule has 1 heterocycles. The minimum atomic E-state index is -0.187. The van der Waals surface area contributed by atoms with Crippen LogP contribution < -0.4 is 9.64 Å². The van der Waals surface area contributed by atoms with Crippen molar-refractivity contribution in [2.45, 2.75) is 6.04 Å². The van der Waals surface area contributed by atoms with E-state index in [4.69, 9.17) is 9.47 Å². The fourth-order valence-corrected chi connectivity index (χ4v) is 3.06. The molecule has 0 saturated carbocycles. The Labute approximate surface area is 136 Å². The van der Waals surface area contributed by atoms with Gasteiger partial charge in [-0.05, 0) is 24.3 Å². The molecule has 3 rings (SSSR count). The zero-order valence-electron chi connectivity index (χ0n) is 13.3. The van der Waals surface area contributed by atoms with Crippen molar-refractivity contribution in [1.82, 2.24) is 0 Å². The lowest BCUT2D eigenvalue weighted by molar-refractivity contribution is -0.928. The fraction of sp³-hybridized carbons (Fsp3) is 0.316. The smallest absolute Gasteiger partial charge is 0.224 e. The second-order valence-corrected chi connectivity index (χ2v) is 5.71. The first-order valence-electron chi connectivity index (χ1n) is 7.95. The van der Waals surface area contributed by atoms with Crippen LogP contribution in [0.1, 0.15) is 22.0 Å². The lowest BCUT2D eigenvalue weighted by Gasteiger charge is -2.31. The lowest BCUT2D eigenvalue weighted by Crippen LogP contribution is -3.15. The first-order valence-corrected chi connectivity index (χ1v) is 7.95. The third-order valence-corrected chi connectivity index (χ3v) is 4.31. The summed E-state index contributed by atoms with van der Waals surface area (Å²) in [6.07, 6.45) is 0. The van der Waals surface area contributed by atoms with Gasteiger partial charge in [0.2, 0.25) is 5.78 Å². The normalized spacial score (nSPS) is 16.7.